The van der Waals surface area contributed by atoms with Crippen LogP contribution in [0.15, 0.2) is 35.1 Å². The molecule has 2 amide bonds. The Morgan fingerprint density at radius 2 is 2.25 bits per heavy atom. The molecule has 24 heavy (non-hydrogen) atoms. The van der Waals surface area contributed by atoms with Crippen LogP contribution in [-0.2, 0) is 16.1 Å². The number of carbonyl (C=O) groups is 2. The summed E-state index contributed by atoms with van der Waals surface area (Å²) < 4.78 is 4.89. The Labute approximate surface area is 144 Å². The predicted octanol–water partition coefficient (Wildman–Crippen LogP) is 2.10. The number of aromatic nitrogens is 2. The fraction of sp³-hybridized carbons (Fsp3) is 0.375. The van der Waals surface area contributed by atoms with Gasteiger partial charge in [-0.1, -0.05) is 11.2 Å². The second kappa shape index (κ2) is 8.49. The van der Waals surface area contributed by atoms with Crippen LogP contribution in [0.1, 0.15) is 18.2 Å². The van der Waals surface area contributed by atoms with Crippen molar-refractivity contribution < 1.29 is 14.1 Å². The van der Waals surface area contributed by atoms with Gasteiger partial charge in [-0.25, -0.2) is 0 Å². The number of thioether (sulfide) groups is 1. The van der Waals surface area contributed by atoms with E-state index in [4.69, 9.17) is 4.52 Å². The summed E-state index contributed by atoms with van der Waals surface area (Å²) in [6, 6.07) is 5.39. The standard InChI is InChI=1S/C16H20N4O3S/c1-11-7-14(19-23-11)18-16(22)12(2)24-10-15(21)20(3)9-13-5-4-6-17-8-13/h4-8,12H,9-10H2,1-3H3,(H,18,19,22). The molecular formula is C16H20N4O3S. The fourth-order valence-corrected chi connectivity index (χ4v) is 2.71. The first-order chi connectivity index (χ1) is 11.5. The van der Waals surface area contributed by atoms with Gasteiger partial charge in [-0.05, 0) is 25.5 Å². The third kappa shape index (κ3) is 5.38. The molecule has 2 aromatic rings. The highest BCUT2D eigenvalue weighted by Gasteiger charge is 2.18. The molecule has 0 radical (unpaired) electrons. The Hall–Kier alpha value is -2.35. The van der Waals surface area contributed by atoms with Crippen LogP contribution in [0.5, 0.6) is 0 Å². The summed E-state index contributed by atoms with van der Waals surface area (Å²) in [4.78, 5) is 29.9. The molecule has 0 fully saturated rings. The van der Waals surface area contributed by atoms with Crippen molar-refractivity contribution in [2.75, 3.05) is 18.1 Å². The first-order valence-electron chi connectivity index (χ1n) is 7.44. The summed E-state index contributed by atoms with van der Waals surface area (Å²) in [6.45, 7) is 3.99. The number of pyridine rings is 1. The minimum Gasteiger partial charge on any atom is -0.360 e. The van der Waals surface area contributed by atoms with Crippen LogP contribution < -0.4 is 5.32 Å². The molecule has 7 nitrogen and oxygen atoms in total. The van der Waals surface area contributed by atoms with Crippen LogP contribution in [0.3, 0.4) is 0 Å². The molecule has 0 aromatic carbocycles. The number of rotatable bonds is 7. The largest absolute Gasteiger partial charge is 0.360 e. The maximum absolute atomic E-state index is 12.2. The van der Waals surface area contributed by atoms with Gasteiger partial charge >= 0.3 is 0 Å². The highest BCUT2D eigenvalue weighted by Crippen LogP contribution is 2.15. The van der Waals surface area contributed by atoms with Gasteiger partial charge in [-0.15, -0.1) is 11.8 Å². The molecule has 2 rings (SSSR count). The van der Waals surface area contributed by atoms with Gasteiger partial charge in [0.2, 0.25) is 11.8 Å². The van der Waals surface area contributed by atoms with Gasteiger partial charge in [0, 0.05) is 32.1 Å². The summed E-state index contributed by atoms with van der Waals surface area (Å²) in [5.41, 5.74) is 0.963. The first-order valence-corrected chi connectivity index (χ1v) is 8.49. The summed E-state index contributed by atoms with van der Waals surface area (Å²) in [5.74, 6) is 0.975. The minimum atomic E-state index is -0.377. The molecule has 1 unspecified atom stereocenters. The minimum absolute atomic E-state index is 0.0409. The molecule has 8 heteroatoms. The van der Waals surface area contributed by atoms with E-state index in [2.05, 4.69) is 15.5 Å². The number of amides is 2. The summed E-state index contributed by atoms with van der Waals surface area (Å²) in [7, 11) is 1.73. The van der Waals surface area contributed by atoms with Gasteiger partial charge in [-0.2, -0.15) is 0 Å². The monoisotopic (exact) mass is 348 g/mol. The molecule has 0 aliphatic heterocycles. The van der Waals surface area contributed by atoms with Crippen molar-refractivity contribution in [1.82, 2.24) is 15.0 Å². The lowest BCUT2D eigenvalue weighted by Crippen LogP contribution is -2.30. The van der Waals surface area contributed by atoms with Crippen LogP contribution in [0.4, 0.5) is 5.82 Å². The number of nitrogens with zero attached hydrogens (tertiary/aromatic N) is 3. The average Bonchev–Trinajstić information content (AvgIpc) is 2.98. The number of hydrogen-bond donors (Lipinski definition) is 1. The highest BCUT2D eigenvalue weighted by molar-refractivity contribution is 8.01. The lowest BCUT2D eigenvalue weighted by molar-refractivity contribution is -0.127. The molecule has 128 valence electrons. The highest BCUT2D eigenvalue weighted by atomic mass is 32.2. The van der Waals surface area contributed by atoms with E-state index in [-0.39, 0.29) is 22.8 Å². The van der Waals surface area contributed by atoms with E-state index in [1.54, 1.807) is 44.3 Å². The lowest BCUT2D eigenvalue weighted by atomic mass is 10.3. The van der Waals surface area contributed by atoms with E-state index in [0.717, 1.165) is 5.56 Å². The van der Waals surface area contributed by atoms with E-state index in [1.807, 2.05) is 12.1 Å². The molecule has 0 aliphatic carbocycles. The zero-order chi connectivity index (χ0) is 17.5. The van der Waals surface area contributed by atoms with Gasteiger partial charge in [0.15, 0.2) is 5.82 Å². The third-order valence-corrected chi connectivity index (χ3v) is 4.40. The van der Waals surface area contributed by atoms with Crippen molar-refractivity contribution in [2.24, 2.45) is 0 Å². The maximum Gasteiger partial charge on any atom is 0.238 e. The number of carbonyl (C=O) groups excluding carboxylic acids is 2. The van der Waals surface area contributed by atoms with Crippen molar-refractivity contribution >= 4 is 29.4 Å². The molecule has 0 spiro atoms. The van der Waals surface area contributed by atoms with Crippen LogP contribution in [0.2, 0.25) is 0 Å². The Morgan fingerprint density at radius 3 is 2.88 bits per heavy atom. The molecule has 1 atom stereocenters. The van der Waals surface area contributed by atoms with Crippen molar-refractivity contribution in [3.8, 4) is 0 Å². The number of hydrogen-bond acceptors (Lipinski definition) is 6. The van der Waals surface area contributed by atoms with E-state index in [0.29, 0.717) is 18.1 Å². The van der Waals surface area contributed by atoms with E-state index >= 15 is 0 Å². The van der Waals surface area contributed by atoms with Crippen molar-refractivity contribution in [1.29, 1.82) is 0 Å². The van der Waals surface area contributed by atoms with E-state index < -0.39 is 0 Å². The number of nitrogens with one attached hydrogen (secondary N) is 1. The predicted molar refractivity (Wildman–Crippen MR) is 92.5 cm³/mol. The molecule has 0 aliphatic rings. The normalized spacial score (nSPS) is 11.8. The van der Waals surface area contributed by atoms with Crippen LogP contribution in [0, 0.1) is 6.92 Å². The Bertz CT molecular complexity index is 690. The van der Waals surface area contributed by atoms with Crippen LogP contribution >= 0.6 is 11.8 Å². The summed E-state index contributed by atoms with van der Waals surface area (Å²) in [5, 5.41) is 5.99. The molecule has 2 heterocycles. The topological polar surface area (TPSA) is 88.3 Å². The number of aryl methyl sites for hydroxylation is 1. The lowest BCUT2D eigenvalue weighted by Gasteiger charge is -2.18. The molecule has 2 aromatic heterocycles. The van der Waals surface area contributed by atoms with Crippen LogP contribution in [-0.4, -0.2) is 44.9 Å². The van der Waals surface area contributed by atoms with Crippen LogP contribution in [0.25, 0.3) is 0 Å². The Balaban J connectivity index is 1.76. The van der Waals surface area contributed by atoms with Gasteiger partial charge in [0.1, 0.15) is 5.76 Å². The maximum atomic E-state index is 12.2. The smallest absolute Gasteiger partial charge is 0.238 e. The van der Waals surface area contributed by atoms with Crippen molar-refractivity contribution in [2.45, 2.75) is 25.6 Å². The van der Waals surface area contributed by atoms with Gasteiger partial charge in [0.25, 0.3) is 0 Å². The molecular weight excluding hydrogens is 328 g/mol. The second-order valence-electron chi connectivity index (χ2n) is 5.38. The molecule has 0 saturated carbocycles. The molecule has 1 N–H and O–H groups in total. The summed E-state index contributed by atoms with van der Waals surface area (Å²) >= 11 is 1.28. The molecule has 0 bridgehead atoms. The summed E-state index contributed by atoms with van der Waals surface area (Å²) in [6.07, 6.45) is 3.42. The van der Waals surface area contributed by atoms with Gasteiger partial charge in [0.05, 0.1) is 11.0 Å². The SMILES string of the molecule is Cc1cc(NC(=O)C(C)SCC(=O)N(C)Cc2cccnc2)no1. The first kappa shape index (κ1) is 18.0. The third-order valence-electron chi connectivity index (χ3n) is 3.27. The fourth-order valence-electron chi connectivity index (χ4n) is 1.89. The van der Waals surface area contributed by atoms with E-state index in [9.17, 15) is 9.59 Å². The second-order valence-corrected chi connectivity index (χ2v) is 6.71. The Kier molecular flexibility index (Phi) is 6.36. The van der Waals surface area contributed by atoms with Crippen molar-refractivity contribution in [3.63, 3.8) is 0 Å². The average molecular weight is 348 g/mol. The van der Waals surface area contributed by atoms with E-state index in [1.165, 1.54) is 11.8 Å². The zero-order valence-electron chi connectivity index (χ0n) is 13.9. The van der Waals surface area contributed by atoms with Gasteiger partial charge in [-0.3, -0.25) is 14.6 Å². The number of anilines is 1. The quantitative estimate of drug-likeness (QED) is 0.824. The van der Waals surface area contributed by atoms with Crippen molar-refractivity contribution in [3.05, 3.63) is 41.9 Å². The zero-order valence-corrected chi connectivity index (χ0v) is 14.7. The van der Waals surface area contributed by atoms with Gasteiger partial charge < -0.3 is 14.7 Å². The molecule has 0 saturated heterocycles. The Morgan fingerprint density at radius 1 is 1.46 bits per heavy atom.